The lowest BCUT2D eigenvalue weighted by Gasteiger charge is -2.25. The molecule has 1 aromatic carbocycles. The van der Waals surface area contributed by atoms with Crippen molar-refractivity contribution in [2.24, 2.45) is 0 Å². The van der Waals surface area contributed by atoms with Gasteiger partial charge in [0.05, 0.1) is 38.3 Å². The molecule has 0 spiro atoms. The number of fused-ring (bicyclic) bond motifs is 1. The third kappa shape index (κ3) is 4.08. The lowest BCUT2D eigenvalue weighted by atomic mass is 10.2. The monoisotopic (exact) mass is 441 g/mol. The number of rotatable bonds is 6. The largest absolute Gasteiger partial charge is 0.328 e. The molecule has 3 heterocycles. The maximum absolute atomic E-state index is 13.0. The number of piperidine rings is 1. The van der Waals surface area contributed by atoms with E-state index >= 15 is 0 Å². The molecule has 3 aromatic rings. The van der Waals surface area contributed by atoms with Crippen LogP contribution in [0.25, 0.3) is 11.0 Å². The van der Waals surface area contributed by atoms with Crippen molar-refractivity contribution in [3.63, 3.8) is 0 Å². The number of pyridine rings is 1. The maximum Gasteiger partial charge on any atom is 0.243 e. The lowest BCUT2D eigenvalue weighted by molar-refractivity contribution is 0.346. The molecule has 0 bridgehead atoms. The number of nitrogens with zero attached hydrogens (tertiary/aromatic N) is 5. The number of nitriles is 1. The van der Waals surface area contributed by atoms with Crippen LogP contribution in [0, 0.1) is 11.3 Å². The Balaban J connectivity index is 1.62. The summed E-state index contributed by atoms with van der Waals surface area (Å²) in [5.41, 5.74) is 2.18. The van der Waals surface area contributed by atoms with Crippen LogP contribution >= 0.6 is 11.8 Å². The molecule has 30 heavy (non-hydrogen) atoms. The van der Waals surface area contributed by atoms with E-state index < -0.39 is 10.0 Å². The predicted molar refractivity (Wildman–Crippen MR) is 117 cm³/mol. The Bertz CT molecular complexity index is 1210. The van der Waals surface area contributed by atoms with E-state index in [4.69, 9.17) is 10.2 Å². The first kappa shape index (κ1) is 20.8. The zero-order valence-electron chi connectivity index (χ0n) is 16.8. The summed E-state index contributed by atoms with van der Waals surface area (Å²) in [6, 6.07) is 10.8. The Morgan fingerprint density at radius 3 is 2.70 bits per heavy atom. The molecule has 0 atom stereocenters. The van der Waals surface area contributed by atoms with E-state index in [2.05, 4.69) is 15.6 Å². The minimum Gasteiger partial charge on any atom is -0.328 e. The second kappa shape index (κ2) is 8.76. The van der Waals surface area contributed by atoms with Gasteiger partial charge < -0.3 is 4.57 Å². The van der Waals surface area contributed by atoms with Gasteiger partial charge in [0.1, 0.15) is 5.82 Å². The lowest BCUT2D eigenvalue weighted by Crippen LogP contribution is -2.35. The molecule has 0 amide bonds. The van der Waals surface area contributed by atoms with Crippen LogP contribution in [-0.4, -0.2) is 40.3 Å². The standard InChI is InChI=1S/C21H23N5O2S2/c1-2-26-19-7-6-17(30(27,28)25-10-4-3-5-11-25)13-18(19)24-20(26)15-29-21-12-16(14-22)8-9-23-21/h6-9,12-13H,2-5,10-11,15H2,1H3. The molecular formula is C21H23N5O2S2. The zero-order valence-corrected chi connectivity index (χ0v) is 18.4. The summed E-state index contributed by atoms with van der Waals surface area (Å²) in [5.74, 6) is 1.44. The number of aromatic nitrogens is 3. The molecular weight excluding hydrogens is 418 g/mol. The molecule has 4 rings (SSSR count). The Hall–Kier alpha value is -2.41. The fourth-order valence-corrected chi connectivity index (χ4v) is 6.11. The van der Waals surface area contributed by atoms with Gasteiger partial charge in [-0.25, -0.2) is 18.4 Å². The summed E-state index contributed by atoms with van der Waals surface area (Å²) in [7, 11) is -3.49. The number of benzene rings is 1. The van der Waals surface area contributed by atoms with Crippen LogP contribution in [0.2, 0.25) is 0 Å². The fraction of sp³-hybridized carbons (Fsp3) is 0.381. The number of thioether (sulfide) groups is 1. The highest BCUT2D eigenvalue weighted by Gasteiger charge is 2.26. The molecule has 0 aliphatic carbocycles. The van der Waals surface area contributed by atoms with E-state index in [1.165, 1.54) is 11.8 Å². The van der Waals surface area contributed by atoms with Gasteiger partial charge in [0.2, 0.25) is 10.0 Å². The molecule has 9 heteroatoms. The van der Waals surface area contributed by atoms with Crippen molar-refractivity contribution in [3.8, 4) is 6.07 Å². The second-order valence-corrected chi connectivity index (χ2v) is 10.1. The zero-order chi connectivity index (χ0) is 21.1. The van der Waals surface area contributed by atoms with Gasteiger partial charge in [0, 0.05) is 25.8 Å². The van der Waals surface area contributed by atoms with Crippen molar-refractivity contribution in [1.29, 1.82) is 5.26 Å². The highest BCUT2D eigenvalue weighted by molar-refractivity contribution is 7.98. The SMILES string of the molecule is CCn1c(CSc2cc(C#N)ccn2)nc2cc(S(=O)(=O)N3CCCCC3)ccc21. The average molecular weight is 442 g/mol. The van der Waals surface area contributed by atoms with Gasteiger partial charge in [-0.3, -0.25) is 0 Å². The Kier molecular flexibility index (Phi) is 6.09. The Labute approximate surface area is 180 Å². The first-order valence-corrected chi connectivity index (χ1v) is 12.4. The summed E-state index contributed by atoms with van der Waals surface area (Å²) in [4.78, 5) is 9.33. The molecule has 0 unspecified atom stereocenters. The number of sulfonamides is 1. The quantitative estimate of drug-likeness (QED) is 0.541. The van der Waals surface area contributed by atoms with Crippen molar-refractivity contribution >= 4 is 32.8 Å². The van der Waals surface area contributed by atoms with Gasteiger partial charge in [-0.1, -0.05) is 18.2 Å². The van der Waals surface area contributed by atoms with Crippen LogP contribution in [0.5, 0.6) is 0 Å². The van der Waals surface area contributed by atoms with Gasteiger partial charge in [-0.05, 0) is 50.1 Å². The van der Waals surface area contributed by atoms with Crippen LogP contribution in [0.3, 0.4) is 0 Å². The summed E-state index contributed by atoms with van der Waals surface area (Å²) >= 11 is 1.51. The Morgan fingerprint density at radius 2 is 1.97 bits per heavy atom. The Morgan fingerprint density at radius 1 is 1.17 bits per heavy atom. The van der Waals surface area contributed by atoms with Crippen LogP contribution in [0.15, 0.2) is 46.5 Å². The van der Waals surface area contributed by atoms with Crippen molar-refractivity contribution in [1.82, 2.24) is 18.8 Å². The van der Waals surface area contributed by atoms with Crippen LogP contribution in [0.4, 0.5) is 0 Å². The van der Waals surface area contributed by atoms with E-state index in [1.54, 1.807) is 34.8 Å². The van der Waals surface area contributed by atoms with E-state index in [0.29, 0.717) is 34.8 Å². The number of hydrogen-bond acceptors (Lipinski definition) is 6. The topological polar surface area (TPSA) is 91.9 Å². The fourth-order valence-electron chi connectivity index (χ4n) is 3.73. The van der Waals surface area contributed by atoms with Crippen molar-refractivity contribution < 1.29 is 8.42 Å². The molecule has 1 fully saturated rings. The smallest absolute Gasteiger partial charge is 0.243 e. The summed E-state index contributed by atoms with van der Waals surface area (Å²) in [5, 5.41) is 9.82. The number of aryl methyl sites for hydroxylation is 1. The highest BCUT2D eigenvalue weighted by Crippen LogP contribution is 2.27. The molecule has 2 aromatic heterocycles. The molecule has 0 radical (unpaired) electrons. The first-order valence-electron chi connectivity index (χ1n) is 10.0. The molecule has 1 saturated heterocycles. The van der Waals surface area contributed by atoms with Gasteiger partial charge in [0.15, 0.2) is 0 Å². The minimum absolute atomic E-state index is 0.306. The number of hydrogen-bond donors (Lipinski definition) is 0. The van der Waals surface area contributed by atoms with E-state index in [1.807, 2.05) is 13.0 Å². The normalized spacial score (nSPS) is 15.3. The minimum atomic E-state index is -3.49. The maximum atomic E-state index is 13.0. The van der Waals surface area contributed by atoms with Gasteiger partial charge in [-0.2, -0.15) is 9.57 Å². The molecule has 7 nitrogen and oxygen atoms in total. The van der Waals surface area contributed by atoms with Gasteiger partial charge >= 0.3 is 0 Å². The molecule has 0 N–H and O–H groups in total. The van der Waals surface area contributed by atoms with E-state index in [-0.39, 0.29) is 0 Å². The molecule has 1 aliphatic rings. The molecule has 1 aliphatic heterocycles. The van der Waals surface area contributed by atoms with Crippen molar-refractivity contribution in [2.45, 2.75) is 48.4 Å². The molecule has 0 saturated carbocycles. The highest BCUT2D eigenvalue weighted by atomic mass is 32.2. The van der Waals surface area contributed by atoms with Gasteiger partial charge in [-0.15, -0.1) is 0 Å². The van der Waals surface area contributed by atoms with Crippen LogP contribution in [-0.2, 0) is 22.3 Å². The second-order valence-electron chi connectivity index (χ2n) is 7.17. The average Bonchev–Trinajstić information content (AvgIpc) is 3.15. The summed E-state index contributed by atoms with van der Waals surface area (Å²) in [6.07, 6.45) is 4.53. The van der Waals surface area contributed by atoms with Gasteiger partial charge in [0.25, 0.3) is 0 Å². The molecule has 156 valence electrons. The third-order valence-corrected chi connectivity index (χ3v) is 8.10. The van der Waals surface area contributed by atoms with E-state index in [0.717, 1.165) is 42.2 Å². The third-order valence-electron chi connectivity index (χ3n) is 5.28. The van der Waals surface area contributed by atoms with Crippen molar-refractivity contribution in [2.75, 3.05) is 13.1 Å². The van der Waals surface area contributed by atoms with E-state index in [9.17, 15) is 8.42 Å². The predicted octanol–water partition coefficient (Wildman–Crippen LogP) is 3.79. The summed E-state index contributed by atoms with van der Waals surface area (Å²) < 4.78 is 29.7. The van der Waals surface area contributed by atoms with Crippen molar-refractivity contribution in [3.05, 3.63) is 47.9 Å². The van der Waals surface area contributed by atoms with Crippen LogP contribution in [0.1, 0.15) is 37.6 Å². The van der Waals surface area contributed by atoms with Crippen LogP contribution < -0.4 is 0 Å². The first-order chi connectivity index (χ1) is 14.5. The summed E-state index contributed by atoms with van der Waals surface area (Å²) in [6.45, 7) is 3.94. The number of imidazole rings is 1.